The van der Waals surface area contributed by atoms with Crippen molar-refractivity contribution in [3.63, 3.8) is 0 Å². The van der Waals surface area contributed by atoms with Crippen LogP contribution in [0.2, 0.25) is 0 Å². The summed E-state index contributed by atoms with van der Waals surface area (Å²) >= 11 is 0. The van der Waals surface area contributed by atoms with Gasteiger partial charge in [-0.2, -0.15) is 0 Å². The Morgan fingerprint density at radius 2 is 1.25 bits per heavy atom. The first-order valence-corrected chi connectivity index (χ1v) is 6.46. The van der Waals surface area contributed by atoms with Crippen LogP contribution < -0.4 is 0 Å². The highest BCUT2D eigenvalue weighted by Crippen LogP contribution is 2.07. The summed E-state index contributed by atoms with van der Waals surface area (Å²) in [4.78, 5) is 16.1. The Morgan fingerprint density at radius 3 is 1.50 bits per heavy atom. The molecule has 0 bridgehead atoms. The Bertz CT molecular complexity index is 188. The van der Waals surface area contributed by atoms with Crippen molar-refractivity contribution in [1.82, 2.24) is 9.80 Å². The van der Waals surface area contributed by atoms with Gasteiger partial charge < -0.3 is 9.80 Å². The number of hydrogen-bond donors (Lipinski definition) is 0. The number of carbonyl (C=O) groups is 1. The second kappa shape index (κ2) is 7.53. The van der Waals surface area contributed by atoms with Crippen LogP contribution in [-0.2, 0) is 0 Å². The monoisotopic (exact) mass is 228 g/mol. The van der Waals surface area contributed by atoms with Gasteiger partial charge in [0.05, 0.1) is 0 Å². The lowest BCUT2D eigenvalue weighted by atomic mass is 10.1. The third kappa shape index (κ3) is 5.38. The van der Waals surface area contributed by atoms with Gasteiger partial charge in [0.25, 0.3) is 0 Å². The van der Waals surface area contributed by atoms with E-state index in [2.05, 4.69) is 27.7 Å². The number of nitrogens with zero attached hydrogens (tertiary/aromatic N) is 2. The Balaban J connectivity index is 4.53. The average molecular weight is 228 g/mol. The van der Waals surface area contributed by atoms with Gasteiger partial charge in [-0.05, 0) is 25.7 Å². The van der Waals surface area contributed by atoms with Gasteiger partial charge in [-0.3, -0.25) is 0 Å². The van der Waals surface area contributed by atoms with E-state index in [4.69, 9.17) is 0 Å². The number of carbonyl (C=O) groups excluding carboxylic acids is 1. The SMILES string of the molecule is CCN(CC)C(=O)N(CC(C)C)CC(C)C. The zero-order valence-corrected chi connectivity index (χ0v) is 11.8. The van der Waals surface area contributed by atoms with Crippen molar-refractivity contribution in [2.75, 3.05) is 26.2 Å². The molecule has 3 nitrogen and oxygen atoms in total. The Kier molecular flexibility index (Phi) is 7.18. The summed E-state index contributed by atoms with van der Waals surface area (Å²) in [6.45, 7) is 16.0. The maximum Gasteiger partial charge on any atom is 0.319 e. The van der Waals surface area contributed by atoms with E-state index in [1.165, 1.54) is 0 Å². The molecule has 0 aliphatic heterocycles. The maximum absolute atomic E-state index is 12.2. The quantitative estimate of drug-likeness (QED) is 0.685. The minimum Gasteiger partial charge on any atom is -0.325 e. The molecule has 2 amide bonds. The predicted octanol–water partition coefficient (Wildman–Crippen LogP) is 3.06. The predicted molar refractivity (Wildman–Crippen MR) is 69.6 cm³/mol. The van der Waals surface area contributed by atoms with Crippen LogP contribution in [0.15, 0.2) is 0 Å². The highest BCUT2D eigenvalue weighted by Gasteiger charge is 2.19. The van der Waals surface area contributed by atoms with Gasteiger partial charge in [0.1, 0.15) is 0 Å². The standard InChI is InChI=1S/C13H28N2O/c1-7-14(8-2)13(16)15(9-11(3)4)10-12(5)6/h11-12H,7-10H2,1-6H3. The number of amides is 2. The molecule has 0 heterocycles. The van der Waals surface area contributed by atoms with Crippen molar-refractivity contribution < 1.29 is 4.79 Å². The molecule has 0 aromatic carbocycles. The van der Waals surface area contributed by atoms with Gasteiger partial charge in [-0.15, -0.1) is 0 Å². The second-order valence-corrected chi connectivity index (χ2v) is 5.15. The maximum atomic E-state index is 12.2. The molecule has 0 unspecified atom stereocenters. The average Bonchev–Trinajstić information content (AvgIpc) is 2.17. The molecule has 0 spiro atoms. The highest BCUT2D eigenvalue weighted by molar-refractivity contribution is 5.74. The lowest BCUT2D eigenvalue weighted by Crippen LogP contribution is -2.46. The van der Waals surface area contributed by atoms with Gasteiger partial charge in [0.2, 0.25) is 0 Å². The van der Waals surface area contributed by atoms with Crippen LogP contribution in [0.4, 0.5) is 4.79 Å². The fourth-order valence-electron chi connectivity index (χ4n) is 1.81. The van der Waals surface area contributed by atoms with E-state index in [0.29, 0.717) is 11.8 Å². The molecule has 0 aromatic heterocycles. The molecule has 0 fully saturated rings. The molecule has 0 aromatic rings. The summed E-state index contributed by atoms with van der Waals surface area (Å²) in [7, 11) is 0. The molecule has 0 saturated heterocycles. The highest BCUT2D eigenvalue weighted by atomic mass is 16.2. The molecule has 16 heavy (non-hydrogen) atoms. The van der Waals surface area contributed by atoms with Crippen LogP contribution in [-0.4, -0.2) is 42.0 Å². The summed E-state index contributed by atoms with van der Waals surface area (Å²) in [5.41, 5.74) is 0. The second-order valence-electron chi connectivity index (χ2n) is 5.15. The minimum atomic E-state index is 0.187. The van der Waals surface area contributed by atoms with Crippen molar-refractivity contribution in [1.29, 1.82) is 0 Å². The molecule has 0 aliphatic carbocycles. The Labute approximate surface area is 101 Å². The van der Waals surface area contributed by atoms with E-state index in [9.17, 15) is 4.79 Å². The van der Waals surface area contributed by atoms with Crippen molar-refractivity contribution in [3.05, 3.63) is 0 Å². The first-order valence-electron chi connectivity index (χ1n) is 6.46. The summed E-state index contributed by atoms with van der Waals surface area (Å²) in [5, 5.41) is 0. The van der Waals surface area contributed by atoms with Crippen molar-refractivity contribution in [3.8, 4) is 0 Å². The summed E-state index contributed by atoms with van der Waals surface area (Å²) in [5.74, 6) is 1.05. The third-order valence-corrected chi connectivity index (χ3v) is 2.48. The van der Waals surface area contributed by atoms with Crippen LogP contribution in [0, 0.1) is 11.8 Å². The summed E-state index contributed by atoms with van der Waals surface area (Å²) in [6, 6.07) is 0.187. The van der Waals surface area contributed by atoms with Gasteiger partial charge >= 0.3 is 6.03 Å². The van der Waals surface area contributed by atoms with E-state index < -0.39 is 0 Å². The van der Waals surface area contributed by atoms with Gasteiger partial charge in [-0.25, -0.2) is 4.79 Å². The van der Waals surface area contributed by atoms with Gasteiger partial charge in [0, 0.05) is 26.2 Å². The fraction of sp³-hybridized carbons (Fsp3) is 0.923. The lowest BCUT2D eigenvalue weighted by Gasteiger charge is -2.31. The van der Waals surface area contributed by atoms with Gasteiger partial charge in [-0.1, -0.05) is 27.7 Å². The summed E-state index contributed by atoms with van der Waals surface area (Å²) in [6.07, 6.45) is 0. The Hall–Kier alpha value is -0.730. The van der Waals surface area contributed by atoms with E-state index >= 15 is 0 Å². The smallest absolute Gasteiger partial charge is 0.319 e. The number of hydrogen-bond acceptors (Lipinski definition) is 1. The molecule has 0 aliphatic rings. The van der Waals surface area contributed by atoms with Crippen molar-refractivity contribution in [2.45, 2.75) is 41.5 Å². The fourth-order valence-corrected chi connectivity index (χ4v) is 1.81. The van der Waals surface area contributed by atoms with Crippen LogP contribution in [0.25, 0.3) is 0 Å². The topological polar surface area (TPSA) is 23.6 Å². The van der Waals surface area contributed by atoms with Crippen LogP contribution in [0.5, 0.6) is 0 Å². The first kappa shape index (κ1) is 15.3. The largest absolute Gasteiger partial charge is 0.325 e. The lowest BCUT2D eigenvalue weighted by molar-refractivity contribution is 0.145. The molecule has 0 saturated carbocycles. The molecule has 0 radical (unpaired) electrons. The number of rotatable bonds is 6. The van der Waals surface area contributed by atoms with E-state index in [-0.39, 0.29) is 6.03 Å². The van der Waals surface area contributed by atoms with Crippen LogP contribution >= 0.6 is 0 Å². The van der Waals surface area contributed by atoms with Crippen LogP contribution in [0.3, 0.4) is 0 Å². The Morgan fingerprint density at radius 1 is 0.875 bits per heavy atom. The van der Waals surface area contributed by atoms with Crippen LogP contribution in [0.1, 0.15) is 41.5 Å². The van der Waals surface area contributed by atoms with Crippen molar-refractivity contribution in [2.24, 2.45) is 11.8 Å². The third-order valence-electron chi connectivity index (χ3n) is 2.48. The summed E-state index contributed by atoms with van der Waals surface area (Å²) < 4.78 is 0. The van der Waals surface area contributed by atoms with Gasteiger partial charge in [0.15, 0.2) is 0 Å². The number of urea groups is 1. The zero-order chi connectivity index (χ0) is 12.7. The minimum absolute atomic E-state index is 0.187. The molecule has 96 valence electrons. The molecule has 0 atom stereocenters. The van der Waals surface area contributed by atoms with E-state index in [1.807, 2.05) is 23.6 Å². The first-order chi connectivity index (χ1) is 7.42. The molecular weight excluding hydrogens is 200 g/mol. The van der Waals surface area contributed by atoms with E-state index in [0.717, 1.165) is 26.2 Å². The molecule has 0 N–H and O–H groups in total. The molecule has 3 heteroatoms. The molecule has 0 rings (SSSR count). The zero-order valence-electron chi connectivity index (χ0n) is 11.8. The van der Waals surface area contributed by atoms with Crippen molar-refractivity contribution >= 4 is 6.03 Å². The van der Waals surface area contributed by atoms with E-state index in [1.54, 1.807) is 0 Å². The molecular formula is C13H28N2O. The normalized spacial score (nSPS) is 11.0.